The molecule has 2 fully saturated rings. The molecule has 0 unspecified atom stereocenters. The number of aliphatic hydroxyl groups excluding tert-OH is 8. The molecule has 7 aromatic rings. The Balaban J connectivity index is 1.03. The summed E-state index contributed by atoms with van der Waals surface area (Å²) in [7, 11) is 1.44. The first-order chi connectivity index (χ1) is 63.9. The summed E-state index contributed by atoms with van der Waals surface area (Å²) in [5.74, 6) is -15.5. The van der Waals surface area contributed by atoms with Crippen molar-refractivity contribution in [2.75, 3.05) is 59.5 Å². The SMILES string of the molecule is CCCCCCCCCCCC(=O)N[C@H]1[C@H](Oc2c3cc4cc2Oc2ccc(cc2Cl)[C@@H](O)[C@@H]2NC(=O)[C@H](NC(=O)[C@@H]4NC(=O)[C@H]4NC(=O)[C@@H](Cc5ccc(cc5)O3)NC(=O)[C@H](NC)c3ccc(O)c(c3)Oc3cc(O)c(Cl)c4c3)c3ccc(O)c(c3)-c3c(O[C@H]4O[C@H](CO)[C@@H](O)[C@H](O)[C@@H]4O)cc(O)cc3[C@H](C(=O)NCCCN(CCCN)CCCN)NC2=O)O[C@H](CO)[C@@H](O)[C@@H]1O. The average Bonchev–Trinajstić information content (AvgIpc) is 0.749. The molecule has 8 heterocycles. The van der Waals surface area contributed by atoms with Gasteiger partial charge < -0.3 is 159 Å². The number of aliphatic hydroxyl groups is 8. The number of likely N-dealkylation sites (N-methyl/N-ethyl adjacent to an activating group) is 1. The highest BCUT2D eigenvalue weighted by atomic mass is 35.5. The lowest BCUT2D eigenvalue weighted by atomic mass is 9.89. The second-order valence-electron chi connectivity index (χ2n) is 33.5. The number of aromatic hydroxyl groups is 4. The Bertz CT molecular complexity index is 5350. The van der Waals surface area contributed by atoms with E-state index < -0.39 is 260 Å². The third kappa shape index (κ3) is 23.3. The smallest absolute Gasteiger partial charge is 0.248 e. The number of carbonyl (C=O) groups excluding carboxylic acids is 8. The highest BCUT2D eigenvalue weighted by molar-refractivity contribution is 6.33. The highest BCUT2D eigenvalue weighted by Gasteiger charge is 2.50. The minimum Gasteiger partial charge on any atom is -0.508 e. The third-order valence-electron chi connectivity index (χ3n) is 24.1. The molecular weight excluding hydrogens is 1780 g/mol. The van der Waals surface area contributed by atoms with Gasteiger partial charge in [0.2, 0.25) is 65.6 Å². The van der Waals surface area contributed by atoms with E-state index in [1.165, 1.54) is 61.6 Å². The number of halogens is 2. The average molecular weight is 1890 g/mol. The van der Waals surface area contributed by atoms with Crippen molar-refractivity contribution < 1.29 is 133 Å². The number of phenols is 4. The van der Waals surface area contributed by atoms with E-state index in [1.54, 1.807) is 0 Å². The minimum atomic E-state index is -2.41. The molecule has 0 radical (unpaired) electrons. The summed E-state index contributed by atoms with van der Waals surface area (Å²) in [6.07, 6.45) is -10.5. The molecule has 0 aliphatic carbocycles. The second-order valence-corrected chi connectivity index (χ2v) is 34.3. The Morgan fingerprint density at radius 2 is 1.12 bits per heavy atom. The Labute approximate surface area is 774 Å². The maximum absolute atomic E-state index is 16.9. The normalized spacial score (nSPS) is 25.3. The zero-order chi connectivity index (χ0) is 95.2. The maximum atomic E-state index is 16.9. The van der Waals surface area contributed by atoms with Crippen LogP contribution < -0.4 is 83.0 Å². The predicted molar refractivity (Wildman–Crippen MR) is 477 cm³/mol. The highest BCUT2D eigenvalue weighted by Crippen LogP contribution is 2.51. The Morgan fingerprint density at radius 3 is 1.80 bits per heavy atom. The summed E-state index contributed by atoms with van der Waals surface area (Å²) in [6.45, 7) is 2.35. The summed E-state index contributed by atoms with van der Waals surface area (Å²) in [6, 6.07) is 6.49. The minimum absolute atomic E-state index is 0.0769. The number of ether oxygens (including phenoxy) is 7. The van der Waals surface area contributed by atoms with Crippen molar-refractivity contribution in [1.29, 1.82) is 0 Å². The molecule has 8 aliphatic rings. The van der Waals surface area contributed by atoms with Crippen LogP contribution in [0.4, 0.5) is 0 Å². The quantitative estimate of drug-likeness (QED) is 0.0297. The number of nitrogens with two attached hydrogens (primary N) is 2. The Hall–Kier alpha value is -11.5. The Morgan fingerprint density at radius 1 is 0.519 bits per heavy atom. The van der Waals surface area contributed by atoms with Gasteiger partial charge in [0.1, 0.15) is 137 Å². The first-order valence-electron chi connectivity index (χ1n) is 44.2. The molecule has 0 aromatic heterocycles. The lowest BCUT2D eigenvalue weighted by molar-refractivity contribution is -0.277. The predicted octanol–water partition coefficient (Wildman–Crippen LogP) is 3.66. The molecule has 18 atom stereocenters. The molecule has 25 N–H and O–H groups in total. The van der Waals surface area contributed by atoms with Crippen LogP contribution in [0.2, 0.25) is 10.0 Å². The monoisotopic (exact) mass is 1890 g/mol. The van der Waals surface area contributed by atoms with Gasteiger partial charge in [-0.25, -0.2) is 0 Å². The van der Waals surface area contributed by atoms with E-state index in [0.29, 0.717) is 64.0 Å². The van der Waals surface area contributed by atoms with Crippen molar-refractivity contribution >= 4 is 70.5 Å². The van der Waals surface area contributed by atoms with Crippen molar-refractivity contribution in [3.05, 3.63) is 164 Å². The number of rotatable bonds is 29. The molecule has 0 spiro atoms. The van der Waals surface area contributed by atoms with Gasteiger partial charge in [-0.05, 0) is 172 Å². The van der Waals surface area contributed by atoms with Gasteiger partial charge in [-0.3, -0.25) is 38.4 Å². The number of hydrogen-bond acceptors (Lipinski definition) is 31. The molecule has 15 rings (SSSR count). The molecule has 7 aromatic carbocycles. The van der Waals surface area contributed by atoms with Crippen LogP contribution in [-0.4, -0.2) is 246 Å². The van der Waals surface area contributed by atoms with E-state index in [9.17, 15) is 70.9 Å². The van der Waals surface area contributed by atoms with Gasteiger partial charge in [0, 0.05) is 48.2 Å². The van der Waals surface area contributed by atoms with Crippen molar-refractivity contribution in [3.63, 3.8) is 0 Å². The van der Waals surface area contributed by atoms with Gasteiger partial charge in [-0.2, -0.15) is 0 Å². The molecule has 39 nitrogen and oxygen atoms in total. The standard InChI is InChI=1S/C92H112Cl2N12O27/c1-3-4-5-6-7-8-9-10-11-15-67(113)100-76-80(117)78(115)65(42-107)131-91(76)133-83-63-36-48-37-64(83)129-60-25-20-47(34-55(60)93)77(114)75-90(126)104-73(85(121)98-28-14-31-106(29-12-26-95)30-13-27-96)53-38-49(109)39-62(130-92-82(119)81(118)79(116)66(43-108)132-92)68(53)52-33-45(18-23-57(52)110)71(87(123)105-75)101-88(124)72(48)102-89(125)74-54-40-51(41-59(112)69(54)94)128-61-35-46(19-24-58(61)111)70(97-2)86(122)99-56(84(120)103-74)32-44-16-21-50(127-63)22-17-44/h16-25,33-41,56,65-66,70-82,91-92,97,107-112,114-119H,3-15,26-32,42-43,95-96H2,1-2H3,(H,98,121)(H,99,122)(H,100,113)(H,101,124)(H,102,125)(H,103,120)(H,104,126)(H,105,123)/t56-,65-,66-,70-,71-,72-,73-,74+,75+,76-,77-,78-,79-,80-,81+,82+,91+,92+/m1/s1. The number of benzene rings is 7. The van der Waals surface area contributed by atoms with Crippen LogP contribution in [0.5, 0.6) is 69.0 Å². The summed E-state index contributed by atoms with van der Waals surface area (Å²) in [4.78, 5) is 128. The van der Waals surface area contributed by atoms with E-state index in [-0.39, 0.29) is 59.9 Å². The number of nitrogens with zero attached hydrogens (tertiary/aromatic N) is 1. The van der Waals surface area contributed by atoms with Crippen LogP contribution in [0.15, 0.2) is 115 Å². The van der Waals surface area contributed by atoms with Crippen molar-refractivity contribution in [1.82, 2.24) is 52.8 Å². The van der Waals surface area contributed by atoms with Gasteiger partial charge in [-0.15, -0.1) is 0 Å². The van der Waals surface area contributed by atoms with E-state index >= 15 is 28.8 Å². The number of phenolic OH excluding ortho intramolecular Hbond substituents is 4. The molecule has 0 saturated carbocycles. The zero-order valence-corrected chi connectivity index (χ0v) is 74.3. The first-order valence-corrected chi connectivity index (χ1v) is 45.0. The van der Waals surface area contributed by atoms with Crippen molar-refractivity contribution in [2.24, 2.45) is 11.5 Å². The van der Waals surface area contributed by atoms with E-state index in [0.717, 1.165) is 106 Å². The van der Waals surface area contributed by atoms with Gasteiger partial charge in [0.05, 0.1) is 23.3 Å². The van der Waals surface area contributed by atoms with Gasteiger partial charge in [-0.1, -0.05) is 112 Å². The number of carbonyl (C=O) groups is 8. The van der Waals surface area contributed by atoms with Crippen LogP contribution in [0.25, 0.3) is 11.1 Å². The number of nitrogens with one attached hydrogen (secondary N) is 9. The fourth-order valence-electron chi connectivity index (χ4n) is 16.9. The number of fused-ring (bicyclic) bond motifs is 14. The van der Waals surface area contributed by atoms with Crippen molar-refractivity contribution in [3.8, 4) is 80.1 Å². The van der Waals surface area contributed by atoms with E-state index in [1.807, 2.05) is 0 Å². The molecule has 716 valence electrons. The molecule has 8 aliphatic heterocycles. The largest absolute Gasteiger partial charge is 0.508 e. The lowest BCUT2D eigenvalue weighted by Gasteiger charge is -2.42. The van der Waals surface area contributed by atoms with Crippen LogP contribution in [0.1, 0.15) is 166 Å². The number of amides is 8. The van der Waals surface area contributed by atoms with E-state index in [2.05, 4.69) is 59.7 Å². The molecule has 2 saturated heterocycles. The van der Waals surface area contributed by atoms with E-state index in [4.69, 9.17) is 67.8 Å². The van der Waals surface area contributed by atoms with Crippen LogP contribution in [-0.2, 0) is 54.3 Å². The third-order valence-corrected chi connectivity index (χ3v) is 24.8. The topological polar surface area (TPSA) is 607 Å². The summed E-state index contributed by atoms with van der Waals surface area (Å²) >= 11 is 14.4. The fourth-order valence-corrected chi connectivity index (χ4v) is 17.3. The number of unbranched alkanes of at least 4 members (excludes halogenated alkanes) is 8. The van der Waals surface area contributed by atoms with Gasteiger partial charge in [0.25, 0.3) is 0 Å². The summed E-state index contributed by atoms with van der Waals surface area (Å²) in [5, 5.41) is 163. The summed E-state index contributed by atoms with van der Waals surface area (Å²) in [5.41, 5.74) is 9.27. The molecular formula is C92H112Cl2N12O27. The Kier molecular flexibility index (Phi) is 33.5. The number of hydrogen-bond donors (Lipinski definition) is 23. The van der Waals surface area contributed by atoms with Crippen LogP contribution in [0, 0.1) is 0 Å². The summed E-state index contributed by atoms with van der Waals surface area (Å²) < 4.78 is 45.1. The molecule has 17 bridgehead atoms. The first kappa shape index (κ1) is 99.0. The zero-order valence-electron chi connectivity index (χ0n) is 72.8. The van der Waals surface area contributed by atoms with Crippen LogP contribution in [0.3, 0.4) is 0 Å². The van der Waals surface area contributed by atoms with Crippen molar-refractivity contribution in [2.45, 2.75) is 207 Å². The molecule has 41 heteroatoms. The molecule has 8 amide bonds. The fraction of sp³-hybridized carbons (Fsp3) is 0.457. The lowest BCUT2D eigenvalue weighted by Crippen LogP contribution is -2.65. The molecule has 133 heavy (non-hydrogen) atoms. The maximum Gasteiger partial charge on any atom is 0.248 e. The van der Waals surface area contributed by atoms with Gasteiger partial charge >= 0.3 is 0 Å². The second kappa shape index (κ2) is 45.0. The van der Waals surface area contributed by atoms with Crippen LogP contribution >= 0.6 is 23.2 Å². The van der Waals surface area contributed by atoms with Gasteiger partial charge in [0.15, 0.2) is 23.0 Å².